The number of hydrogen-bond donors (Lipinski definition) is 1. The lowest BCUT2D eigenvalue weighted by atomic mass is 9.95. The second-order valence-electron chi connectivity index (χ2n) is 6.31. The lowest BCUT2D eigenvalue weighted by Crippen LogP contribution is -2.38. The Morgan fingerprint density at radius 3 is 2.59 bits per heavy atom. The van der Waals surface area contributed by atoms with Crippen molar-refractivity contribution in [3.05, 3.63) is 54.2 Å². The molecule has 0 unspecified atom stereocenters. The van der Waals surface area contributed by atoms with Crippen molar-refractivity contribution in [1.82, 2.24) is 9.88 Å². The van der Waals surface area contributed by atoms with Gasteiger partial charge in [0.05, 0.1) is 0 Å². The largest absolute Gasteiger partial charge is 0.340 e. The van der Waals surface area contributed by atoms with Crippen LogP contribution < -0.4 is 5.32 Å². The molecule has 0 spiro atoms. The molecule has 0 amide bonds. The number of likely N-dealkylation sites (tertiary alicyclic amines) is 1. The van der Waals surface area contributed by atoms with Gasteiger partial charge in [0, 0.05) is 24.0 Å². The highest BCUT2D eigenvalue weighted by Crippen LogP contribution is 2.32. The number of nitrogens with one attached hydrogen (secondary N) is 1. The van der Waals surface area contributed by atoms with Crippen LogP contribution in [0.15, 0.2) is 48.7 Å². The predicted molar refractivity (Wildman–Crippen MR) is 92.4 cm³/mol. The first kappa shape index (κ1) is 15.0. The standard InChI is InChI=1S/C19H25N3/c1-15(2)22-13-7-6-10-18(22)16-11-12-19(20-14-16)21-17-8-4-3-5-9-17/h3-5,8-9,11-12,14-15,18H,6-7,10,13H2,1-2H3,(H,20,21)/t18-/m0/s1. The van der Waals surface area contributed by atoms with Gasteiger partial charge in [-0.25, -0.2) is 4.98 Å². The van der Waals surface area contributed by atoms with Crippen LogP contribution in [-0.4, -0.2) is 22.5 Å². The third-order valence-corrected chi connectivity index (χ3v) is 4.42. The van der Waals surface area contributed by atoms with E-state index < -0.39 is 0 Å². The third kappa shape index (κ3) is 3.47. The molecule has 3 heteroatoms. The Kier molecular flexibility index (Phi) is 4.74. The first-order valence-corrected chi connectivity index (χ1v) is 8.28. The molecule has 1 aromatic heterocycles. The molecule has 0 saturated carbocycles. The van der Waals surface area contributed by atoms with Crippen LogP contribution in [0.2, 0.25) is 0 Å². The van der Waals surface area contributed by atoms with Crippen LogP contribution >= 0.6 is 0 Å². The minimum absolute atomic E-state index is 0.520. The van der Waals surface area contributed by atoms with Crippen LogP contribution in [0.5, 0.6) is 0 Å². The number of aromatic nitrogens is 1. The average Bonchev–Trinajstić information content (AvgIpc) is 2.56. The highest BCUT2D eigenvalue weighted by Gasteiger charge is 2.25. The number of para-hydroxylation sites is 1. The number of hydrogen-bond acceptors (Lipinski definition) is 3. The van der Waals surface area contributed by atoms with Crippen molar-refractivity contribution >= 4 is 11.5 Å². The summed E-state index contributed by atoms with van der Waals surface area (Å²) in [5.41, 5.74) is 2.41. The lowest BCUT2D eigenvalue weighted by molar-refractivity contribution is 0.112. The van der Waals surface area contributed by atoms with Crippen LogP contribution in [0.25, 0.3) is 0 Å². The van der Waals surface area contributed by atoms with E-state index in [1.807, 2.05) is 24.4 Å². The summed E-state index contributed by atoms with van der Waals surface area (Å²) in [4.78, 5) is 7.21. The molecule has 1 saturated heterocycles. The summed E-state index contributed by atoms with van der Waals surface area (Å²) in [5, 5.41) is 3.34. The number of pyridine rings is 1. The van der Waals surface area contributed by atoms with Gasteiger partial charge in [-0.2, -0.15) is 0 Å². The van der Waals surface area contributed by atoms with Crippen LogP contribution in [-0.2, 0) is 0 Å². The van der Waals surface area contributed by atoms with Crippen LogP contribution in [0, 0.1) is 0 Å². The maximum atomic E-state index is 4.61. The van der Waals surface area contributed by atoms with Gasteiger partial charge < -0.3 is 5.32 Å². The summed E-state index contributed by atoms with van der Waals surface area (Å²) in [6.45, 7) is 5.78. The first-order chi connectivity index (χ1) is 10.7. The highest BCUT2D eigenvalue weighted by atomic mass is 15.2. The van der Waals surface area contributed by atoms with Crippen molar-refractivity contribution in [3.8, 4) is 0 Å². The van der Waals surface area contributed by atoms with Crippen molar-refractivity contribution < 1.29 is 0 Å². The van der Waals surface area contributed by atoms with Crippen molar-refractivity contribution in [2.45, 2.75) is 45.2 Å². The quantitative estimate of drug-likeness (QED) is 0.881. The van der Waals surface area contributed by atoms with E-state index in [-0.39, 0.29) is 0 Å². The van der Waals surface area contributed by atoms with E-state index in [0.717, 1.165) is 11.5 Å². The van der Waals surface area contributed by atoms with Crippen LogP contribution in [0.4, 0.5) is 11.5 Å². The molecule has 1 atom stereocenters. The summed E-state index contributed by atoms with van der Waals surface area (Å²) in [6.07, 6.45) is 5.91. The molecule has 0 radical (unpaired) electrons. The van der Waals surface area contributed by atoms with Gasteiger partial charge in [0.2, 0.25) is 0 Å². The number of rotatable bonds is 4. The highest BCUT2D eigenvalue weighted by molar-refractivity contribution is 5.55. The van der Waals surface area contributed by atoms with Crippen LogP contribution in [0.3, 0.4) is 0 Å². The molecule has 1 aromatic carbocycles. The summed E-state index contributed by atoms with van der Waals surface area (Å²) >= 11 is 0. The molecule has 116 valence electrons. The molecule has 0 bridgehead atoms. The smallest absolute Gasteiger partial charge is 0.130 e. The molecule has 1 fully saturated rings. The molecule has 1 N–H and O–H groups in total. The Hall–Kier alpha value is -1.87. The van der Waals surface area contributed by atoms with Crippen molar-refractivity contribution in [3.63, 3.8) is 0 Å². The van der Waals surface area contributed by atoms with Gasteiger partial charge in [-0.05, 0) is 57.0 Å². The zero-order valence-electron chi connectivity index (χ0n) is 13.5. The van der Waals surface area contributed by atoms with Gasteiger partial charge >= 0.3 is 0 Å². The van der Waals surface area contributed by atoms with Crippen LogP contribution in [0.1, 0.15) is 44.7 Å². The van der Waals surface area contributed by atoms with E-state index in [0.29, 0.717) is 12.1 Å². The Balaban J connectivity index is 1.73. The van der Waals surface area contributed by atoms with Gasteiger partial charge in [-0.15, -0.1) is 0 Å². The fourth-order valence-corrected chi connectivity index (χ4v) is 3.28. The number of piperidine rings is 1. The molecule has 3 rings (SSSR count). The number of benzene rings is 1. The third-order valence-electron chi connectivity index (χ3n) is 4.42. The zero-order valence-corrected chi connectivity index (χ0v) is 13.5. The lowest BCUT2D eigenvalue weighted by Gasteiger charge is -2.38. The van der Waals surface area contributed by atoms with E-state index in [4.69, 9.17) is 0 Å². The van der Waals surface area contributed by atoms with Gasteiger partial charge in [-0.1, -0.05) is 30.7 Å². The molecule has 1 aliphatic heterocycles. The predicted octanol–water partition coefficient (Wildman–Crippen LogP) is 4.76. The normalized spacial score (nSPS) is 19.3. The fraction of sp³-hybridized carbons (Fsp3) is 0.421. The second-order valence-corrected chi connectivity index (χ2v) is 6.31. The Labute approximate surface area is 133 Å². The molecule has 22 heavy (non-hydrogen) atoms. The average molecular weight is 295 g/mol. The number of anilines is 2. The molecular formula is C19H25N3. The van der Waals surface area contributed by atoms with Gasteiger partial charge in [0.25, 0.3) is 0 Å². The monoisotopic (exact) mass is 295 g/mol. The van der Waals surface area contributed by atoms with Gasteiger partial charge in [0.15, 0.2) is 0 Å². The molecule has 2 aromatic rings. The van der Waals surface area contributed by atoms with Crippen molar-refractivity contribution in [1.29, 1.82) is 0 Å². The minimum atomic E-state index is 0.520. The molecule has 2 heterocycles. The van der Waals surface area contributed by atoms with E-state index in [9.17, 15) is 0 Å². The van der Waals surface area contributed by atoms with E-state index >= 15 is 0 Å². The fourth-order valence-electron chi connectivity index (χ4n) is 3.28. The Morgan fingerprint density at radius 2 is 1.91 bits per heavy atom. The maximum Gasteiger partial charge on any atom is 0.130 e. The minimum Gasteiger partial charge on any atom is -0.340 e. The Morgan fingerprint density at radius 1 is 1.09 bits per heavy atom. The molecule has 1 aliphatic rings. The van der Waals surface area contributed by atoms with E-state index in [2.05, 4.69) is 53.3 Å². The van der Waals surface area contributed by atoms with Gasteiger partial charge in [0.1, 0.15) is 5.82 Å². The van der Waals surface area contributed by atoms with E-state index in [1.165, 1.54) is 31.4 Å². The number of nitrogens with zero attached hydrogens (tertiary/aromatic N) is 2. The van der Waals surface area contributed by atoms with Crippen molar-refractivity contribution in [2.75, 3.05) is 11.9 Å². The maximum absolute atomic E-state index is 4.61. The summed E-state index contributed by atoms with van der Waals surface area (Å²) < 4.78 is 0. The van der Waals surface area contributed by atoms with Gasteiger partial charge in [-0.3, -0.25) is 4.90 Å². The molecular weight excluding hydrogens is 270 g/mol. The topological polar surface area (TPSA) is 28.2 Å². The summed E-state index contributed by atoms with van der Waals surface area (Å²) in [7, 11) is 0. The SMILES string of the molecule is CC(C)N1CCCC[C@H]1c1ccc(Nc2ccccc2)nc1. The molecule has 3 nitrogen and oxygen atoms in total. The Bertz CT molecular complexity index is 577. The summed E-state index contributed by atoms with van der Waals surface area (Å²) in [5.74, 6) is 0.904. The zero-order chi connectivity index (χ0) is 15.4. The summed E-state index contributed by atoms with van der Waals surface area (Å²) in [6, 6.07) is 15.6. The molecule has 0 aliphatic carbocycles. The van der Waals surface area contributed by atoms with Crippen molar-refractivity contribution in [2.24, 2.45) is 0 Å². The first-order valence-electron chi connectivity index (χ1n) is 8.28. The second kappa shape index (κ2) is 6.93. The van der Waals surface area contributed by atoms with E-state index in [1.54, 1.807) is 0 Å².